The predicted octanol–water partition coefficient (Wildman–Crippen LogP) is 5.78. The van der Waals surface area contributed by atoms with Gasteiger partial charge in [-0.05, 0) is 60.4 Å². The van der Waals surface area contributed by atoms with Crippen LogP contribution in [-0.2, 0) is 26.2 Å². The Morgan fingerprint density at radius 2 is 1.63 bits per heavy atom. The molecule has 2 amide bonds. The number of amides is 2. The summed E-state index contributed by atoms with van der Waals surface area (Å²) in [6, 6.07) is 18.4. The number of hydrogen-bond donors (Lipinski definition) is 1. The van der Waals surface area contributed by atoms with E-state index in [4.69, 9.17) is 27.9 Å². The van der Waals surface area contributed by atoms with Crippen molar-refractivity contribution in [1.29, 1.82) is 0 Å². The van der Waals surface area contributed by atoms with Crippen molar-refractivity contribution in [2.45, 2.75) is 44.7 Å². The molecule has 3 aromatic rings. The largest absolute Gasteiger partial charge is 0.497 e. The summed E-state index contributed by atoms with van der Waals surface area (Å²) in [5, 5.41) is 3.26. The molecular weight excluding hydrogens is 585 g/mol. The fourth-order valence-corrected chi connectivity index (χ4v) is 6.06. The molecule has 0 aliphatic rings. The van der Waals surface area contributed by atoms with Crippen LogP contribution < -0.4 is 14.4 Å². The molecule has 0 saturated carbocycles. The second-order valence-electron chi connectivity index (χ2n) is 9.85. The summed E-state index contributed by atoms with van der Waals surface area (Å²) in [4.78, 5) is 28.8. The number of carbonyl (C=O) groups is 2. The number of rotatable bonds is 13. The summed E-state index contributed by atoms with van der Waals surface area (Å²) in [6.07, 6.45) is 0.315. The van der Waals surface area contributed by atoms with E-state index in [0.717, 1.165) is 9.87 Å². The minimum absolute atomic E-state index is 0.0211. The van der Waals surface area contributed by atoms with Gasteiger partial charge in [0, 0.05) is 18.1 Å². The van der Waals surface area contributed by atoms with Crippen LogP contribution in [0.1, 0.15) is 32.8 Å². The normalized spacial score (nSPS) is 12.1. The van der Waals surface area contributed by atoms with Crippen LogP contribution in [0, 0.1) is 5.92 Å². The van der Waals surface area contributed by atoms with Gasteiger partial charge >= 0.3 is 0 Å². The molecule has 0 aliphatic carbocycles. The van der Waals surface area contributed by atoms with Crippen molar-refractivity contribution in [3.8, 4) is 5.75 Å². The molecule has 8 nitrogen and oxygen atoms in total. The van der Waals surface area contributed by atoms with Crippen LogP contribution in [-0.4, -0.2) is 51.4 Å². The molecule has 3 aromatic carbocycles. The topological polar surface area (TPSA) is 96.0 Å². The third-order valence-electron chi connectivity index (χ3n) is 6.37. The highest BCUT2D eigenvalue weighted by Gasteiger charge is 2.34. The molecule has 0 saturated heterocycles. The van der Waals surface area contributed by atoms with E-state index in [-0.39, 0.29) is 39.0 Å². The predicted molar refractivity (Wildman–Crippen MR) is 163 cm³/mol. The van der Waals surface area contributed by atoms with E-state index in [1.165, 1.54) is 35.2 Å². The molecule has 1 N–H and O–H groups in total. The number of sulfonamides is 1. The van der Waals surface area contributed by atoms with Crippen LogP contribution in [0.4, 0.5) is 5.69 Å². The molecule has 1 atom stereocenters. The van der Waals surface area contributed by atoms with Gasteiger partial charge < -0.3 is 15.0 Å². The summed E-state index contributed by atoms with van der Waals surface area (Å²) in [5.41, 5.74) is 0.797. The van der Waals surface area contributed by atoms with Crippen molar-refractivity contribution in [1.82, 2.24) is 10.2 Å². The average Bonchev–Trinajstić information content (AvgIpc) is 2.96. The molecule has 220 valence electrons. The maximum Gasteiger partial charge on any atom is 0.264 e. The fraction of sp³-hybridized carbons (Fsp3) is 0.333. The zero-order chi connectivity index (χ0) is 30.2. The van der Waals surface area contributed by atoms with E-state index < -0.39 is 28.5 Å². The summed E-state index contributed by atoms with van der Waals surface area (Å²) in [7, 11) is -2.70. The minimum Gasteiger partial charge on any atom is -0.497 e. The number of carbonyl (C=O) groups excluding carboxylic acids is 2. The van der Waals surface area contributed by atoms with E-state index >= 15 is 0 Å². The smallest absolute Gasteiger partial charge is 0.264 e. The van der Waals surface area contributed by atoms with Gasteiger partial charge in [0.2, 0.25) is 11.8 Å². The highest BCUT2D eigenvalue weighted by Crippen LogP contribution is 2.33. The Bertz CT molecular complexity index is 1430. The number of anilines is 1. The molecule has 11 heteroatoms. The van der Waals surface area contributed by atoms with Crippen LogP contribution in [0.3, 0.4) is 0 Å². The van der Waals surface area contributed by atoms with Crippen LogP contribution in [0.15, 0.2) is 77.7 Å². The van der Waals surface area contributed by atoms with Crippen molar-refractivity contribution in [2.75, 3.05) is 24.5 Å². The Labute approximate surface area is 252 Å². The molecule has 0 fully saturated rings. The number of nitrogens with zero attached hydrogens (tertiary/aromatic N) is 2. The number of benzene rings is 3. The van der Waals surface area contributed by atoms with Gasteiger partial charge in [-0.2, -0.15) is 0 Å². The van der Waals surface area contributed by atoms with Crippen molar-refractivity contribution in [3.05, 3.63) is 88.4 Å². The standard InChI is InChI=1S/C30H35Cl2N3O5S/c1-5-27(30(37)33-18-21(2)3)34(19-22-11-14-24(40-4)15-12-22)29(36)20-35(28-17-23(31)13-16-26(28)32)41(38,39)25-9-7-6-8-10-25/h6-17,21,27H,5,18-20H2,1-4H3,(H,33,37)/t27-/m0/s1. The zero-order valence-electron chi connectivity index (χ0n) is 23.5. The molecule has 3 rings (SSSR count). The Morgan fingerprint density at radius 3 is 2.22 bits per heavy atom. The van der Waals surface area contributed by atoms with Gasteiger partial charge in [-0.15, -0.1) is 0 Å². The molecular formula is C30H35Cl2N3O5S. The zero-order valence-corrected chi connectivity index (χ0v) is 25.8. The SMILES string of the molecule is CC[C@@H](C(=O)NCC(C)C)N(Cc1ccc(OC)cc1)C(=O)CN(c1cc(Cl)ccc1Cl)S(=O)(=O)c1ccccc1. The van der Waals surface area contributed by atoms with Gasteiger partial charge in [-0.3, -0.25) is 13.9 Å². The maximum absolute atomic E-state index is 14.1. The average molecular weight is 621 g/mol. The third-order valence-corrected chi connectivity index (χ3v) is 8.70. The highest BCUT2D eigenvalue weighted by atomic mass is 35.5. The number of hydrogen-bond acceptors (Lipinski definition) is 5. The quantitative estimate of drug-likeness (QED) is 0.262. The second kappa shape index (κ2) is 14.6. The van der Waals surface area contributed by atoms with Crippen LogP contribution >= 0.6 is 23.2 Å². The lowest BCUT2D eigenvalue weighted by Crippen LogP contribution is -2.52. The van der Waals surface area contributed by atoms with Crippen LogP contribution in [0.5, 0.6) is 5.75 Å². The first-order valence-electron chi connectivity index (χ1n) is 13.2. The van der Waals surface area contributed by atoms with E-state index in [0.29, 0.717) is 18.7 Å². The van der Waals surface area contributed by atoms with Gasteiger partial charge in [0.1, 0.15) is 18.3 Å². The number of halogens is 2. The lowest BCUT2D eigenvalue weighted by molar-refractivity contribution is -0.140. The van der Waals surface area contributed by atoms with Gasteiger partial charge in [0.25, 0.3) is 10.0 Å². The molecule has 0 unspecified atom stereocenters. The number of nitrogens with one attached hydrogen (secondary N) is 1. The van der Waals surface area contributed by atoms with Crippen LogP contribution in [0.25, 0.3) is 0 Å². The summed E-state index contributed by atoms with van der Waals surface area (Å²) in [5.74, 6) is -0.0491. The van der Waals surface area contributed by atoms with Gasteiger partial charge in [-0.25, -0.2) is 8.42 Å². The third kappa shape index (κ3) is 8.38. The van der Waals surface area contributed by atoms with Crippen LogP contribution in [0.2, 0.25) is 10.0 Å². The summed E-state index contributed by atoms with van der Waals surface area (Å²) >= 11 is 12.7. The van der Waals surface area contributed by atoms with Crippen molar-refractivity contribution >= 4 is 50.7 Å². The first-order valence-corrected chi connectivity index (χ1v) is 15.4. The highest BCUT2D eigenvalue weighted by molar-refractivity contribution is 7.92. The molecule has 41 heavy (non-hydrogen) atoms. The molecule has 0 aromatic heterocycles. The first kappa shape index (κ1) is 32.2. The monoisotopic (exact) mass is 619 g/mol. The van der Waals surface area contributed by atoms with Crippen molar-refractivity contribution in [3.63, 3.8) is 0 Å². The van der Waals surface area contributed by atoms with Crippen molar-refractivity contribution < 1.29 is 22.7 Å². The first-order chi connectivity index (χ1) is 19.5. The number of ether oxygens (including phenoxy) is 1. The van der Waals surface area contributed by atoms with Gasteiger partial charge in [0.05, 0.1) is 22.7 Å². The van der Waals surface area contributed by atoms with Crippen molar-refractivity contribution in [2.24, 2.45) is 5.92 Å². The molecule has 0 radical (unpaired) electrons. The molecule has 0 spiro atoms. The van der Waals surface area contributed by atoms with Gasteiger partial charge in [-0.1, -0.05) is 74.3 Å². The van der Waals surface area contributed by atoms with E-state index in [2.05, 4.69) is 5.32 Å². The second-order valence-corrected chi connectivity index (χ2v) is 12.6. The Morgan fingerprint density at radius 1 is 0.976 bits per heavy atom. The Kier molecular flexibility index (Phi) is 11.5. The maximum atomic E-state index is 14.1. The van der Waals surface area contributed by atoms with E-state index in [1.54, 1.807) is 56.5 Å². The van der Waals surface area contributed by atoms with E-state index in [1.807, 2.05) is 13.8 Å². The van der Waals surface area contributed by atoms with Gasteiger partial charge in [0.15, 0.2) is 0 Å². The number of methoxy groups -OCH3 is 1. The Hall–Kier alpha value is -3.27. The molecule has 0 bridgehead atoms. The lowest BCUT2D eigenvalue weighted by Gasteiger charge is -2.33. The fourth-order valence-electron chi connectivity index (χ4n) is 4.18. The minimum atomic E-state index is -4.25. The lowest BCUT2D eigenvalue weighted by atomic mass is 10.1. The Balaban J connectivity index is 2.07. The summed E-state index contributed by atoms with van der Waals surface area (Å²) < 4.78 is 34.0. The van der Waals surface area contributed by atoms with E-state index in [9.17, 15) is 18.0 Å². The molecule has 0 heterocycles. The molecule has 0 aliphatic heterocycles. The summed E-state index contributed by atoms with van der Waals surface area (Å²) in [6.45, 7) is 5.65.